The van der Waals surface area contributed by atoms with Crippen molar-refractivity contribution in [2.24, 2.45) is 0 Å². The molecule has 0 saturated carbocycles. The van der Waals surface area contributed by atoms with E-state index in [1.807, 2.05) is 28.9 Å². The van der Waals surface area contributed by atoms with Crippen LogP contribution in [0.1, 0.15) is 16.7 Å². The van der Waals surface area contributed by atoms with E-state index in [0.29, 0.717) is 26.1 Å². The minimum atomic E-state index is -0.221. The van der Waals surface area contributed by atoms with Gasteiger partial charge < -0.3 is 14.6 Å². The molecule has 1 aliphatic rings. The summed E-state index contributed by atoms with van der Waals surface area (Å²) in [6.07, 6.45) is 6.23. The quantitative estimate of drug-likeness (QED) is 0.788. The van der Waals surface area contributed by atoms with Gasteiger partial charge in [0, 0.05) is 38.2 Å². The molecular formula is C18H17FN4O. The lowest BCUT2D eigenvalue weighted by Gasteiger charge is -2.29. The Morgan fingerprint density at radius 2 is 2.12 bits per heavy atom. The van der Waals surface area contributed by atoms with E-state index in [4.69, 9.17) is 0 Å². The number of hydrogen-bond acceptors (Lipinski definition) is 2. The SMILES string of the molecule is O=C(NCc1ccn2ccnc2c1)N1CCc2cc(F)ccc2C1. The molecule has 3 aromatic rings. The van der Waals surface area contributed by atoms with Crippen molar-refractivity contribution < 1.29 is 9.18 Å². The van der Waals surface area contributed by atoms with E-state index in [2.05, 4.69) is 10.3 Å². The number of carbonyl (C=O) groups is 1. The Balaban J connectivity index is 1.40. The highest BCUT2D eigenvalue weighted by molar-refractivity contribution is 5.74. The normalized spacial score (nSPS) is 13.8. The molecule has 4 rings (SSSR count). The molecule has 0 atom stereocenters. The number of fused-ring (bicyclic) bond motifs is 2. The van der Waals surface area contributed by atoms with Crippen molar-refractivity contribution in [1.82, 2.24) is 19.6 Å². The third-order valence-corrected chi connectivity index (χ3v) is 4.37. The molecular weight excluding hydrogens is 307 g/mol. The first kappa shape index (κ1) is 14.7. The Hall–Kier alpha value is -2.89. The maximum Gasteiger partial charge on any atom is 0.317 e. The molecule has 0 fully saturated rings. The van der Waals surface area contributed by atoms with Crippen LogP contribution in [-0.2, 0) is 19.5 Å². The zero-order chi connectivity index (χ0) is 16.5. The number of benzene rings is 1. The third kappa shape index (κ3) is 2.82. The molecule has 0 bridgehead atoms. The smallest absolute Gasteiger partial charge is 0.317 e. The van der Waals surface area contributed by atoms with Gasteiger partial charge in [-0.25, -0.2) is 14.2 Å². The van der Waals surface area contributed by atoms with Crippen molar-refractivity contribution in [3.05, 3.63) is 71.4 Å². The standard InChI is InChI=1S/C18H17FN4O/c19-16-2-1-15-12-23(7-4-14(15)10-16)18(24)21-11-13-3-6-22-8-5-20-17(22)9-13/h1-3,5-6,8-10H,4,7,11-12H2,(H,21,24). The summed E-state index contributed by atoms with van der Waals surface area (Å²) in [4.78, 5) is 18.4. The predicted octanol–water partition coefficient (Wildman–Crippen LogP) is 2.74. The number of halogens is 1. The van der Waals surface area contributed by atoms with E-state index in [1.54, 1.807) is 23.2 Å². The summed E-state index contributed by atoms with van der Waals surface area (Å²) in [6, 6.07) is 8.58. The second-order valence-electron chi connectivity index (χ2n) is 5.97. The number of aromatic nitrogens is 2. The first-order valence-electron chi connectivity index (χ1n) is 7.91. The number of urea groups is 1. The van der Waals surface area contributed by atoms with Crippen molar-refractivity contribution in [3.63, 3.8) is 0 Å². The van der Waals surface area contributed by atoms with Gasteiger partial charge in [0.05, 0.1) is 0 Å². The van der Waals surface area contributed by atoms with Crippen LogP contribution in [-0.4, -0.2) is 26.9 Å². The lowest BCUT2D eigenvalue weighted by Crippen LogP contribution is -2.42. The van der Waals surface area contributed by atoms with Gasteiger partial charge in [-0.05, 0) is 47.4 Å². The Morgan fingerprint density at radius 3 is 3.04 bits per heavy atom. The van der Waals surface area contributed by atoms with Gasteiger partial charge in [-0.15, -0.1) is 0 Å². The summed E-state index contributed by atoms with van der Waals surface area (Å²) in [6.45, 7) is 1.57. The molecule has 1 aliphatic heterocycles. The van der Waals surface area contributed by atoms with Crippen molar-refractivity contribution in [3.8, 4) is 0 Å². The van der Waals surface area contributed by atoms with Crippen LogP contribution in [0.25, 0.3) is 5.65 Å². The number of nitrogens with one attached hydrogen (secondary N) is 1. The molecule has 1 N–H and O–H groups in total. The summed E-state index contributed by atoms with van der Waals surface area (Å²) in [5.74, 6) is -0.221. The summed E-state index contributed by atoms with van der Waals surface area (Å²) < 4.78 is 15.2. The highest BCUT2D eigenvalue weighted by Gasteiger charge is 2.20. The summed E-state index contributed by atoms with van der Waals surface area (Å²) in [7, 11) is 0. The fourth-order valence-electron chi connectivity index (χ4n) is 3.05. The van der Waals surface area contributed by atoms with E-state index in [-0.39, 0.29) is 11.8 Å². The van der Waals surface area contributed by atoms with Crippen LogP contribution in [0.3, 0.4) is 0 Å². The molecule has 1 aromatic carbocycles. The van der Waals surface area contributed by atoms with E-state index in [1.165, 1.54) is 6.07 Å². The third-order valence-electron chi connectivity index (χ3n) is 4.37. The largest absolute Gasteiger partial charge is 0.334 e. The molecule has 5 nitrogen and oxygen atoms in total. The lowest BCUT2D eigenvalue weighted by atomic mass is 10.00. The minimum absolute atomic E-state index is 0.104. The number of carbonyl (C=O) groups excluding carboxylic acids is 1. The lowest BCUT2D eigenvalue weighted by molar-refractivity contribution is 0.192. The van der Waals surface area contributed by atoms with Crippen molar-refractivity contribution in [1.29, 1.82) is 0 Å². The molecule has 0 unspecified atom stereocenters. The Labute approximate surface area is 138 Å². The fraction of sp³-hybridized carbons (Fsp3) is 0.222. The van der Waals surface area contributed by atoms with Gasteiger partial charge in [-0.3, -0.25) is 0 Å². The van der Waals surface area contributed by atoms with Crippen LogP contribution in [0.5, 0.6) is 0 Å². The second kappa shape index (κ2) is 5.96. The predicted molar refractivity (Wildman–Crippen MR) is 87.9 cm³/mol. The van der Waals surface area contributed by atoms with Crippen molar-refractivity contribution in [2.45, 2.75) is 19.5 Å². The Morgan fingerprint density at radius 1 is 1.21 bits per heavy atom. The number of imidazole rings is 1. The zero-order valence-corrected chi connectivity index (χ0v) is 13.1. The number of rotatable bonds is 2. The van der Waals surface area contributed by atoms with E-state index in [0.717, 1.165) is 22.3 Å². The summed E-state index contributed by atoms with van der Waals surface area (Å²) in [5.41, 5.74) is 3.86. The van der Waals surface area contributed by atoms with Crippen LogP contribution >= 0.6 is 0 Å². The van der Waals surface area contributed by atoms with Crippen molar-refractivity contribution >= 4 is 11.7 Å². The van der Waals surface area contributed by atoms with Crippen LogP contribution in [0.2, 0.25) is 0 Å². The Kier molecular flexibility index (Phi) is 3.65. The average molecular weight is 324 g/mol. The first-order valence-corrected chi connectivity index (χ1v) is 7.91. The zero-order valence-electron chi connectivity index (χ0n) is 13.1. The van der Waals surface area contributed by atoms with Gasteiger partial charge in [-0.1, -0.05) is 6.07 Å². The molecule has 0 radical (unpaired) electrons. The molecule has 0 spiro atoms. The highest BCUT2D eigenvalue weighted by atomic mass is 19.1. The first-order chi connectivity index (χ1) is 11.7. The van der Waals surface area contributed by atoms with E-state index >= 15 is 0 Å². The van der Waals surface area contributed by atoms with Crippen LogP contribution in [0.15, 0.2) is 48.9 Å². The number of nitrogens with zero attached hydrogens (tertiary/aromatic N) is 3. The highest BCUT2D eigenvalue weighted by Crippen LogP contribution is 2.20. The van der Waals surface area contributed by atoms with Crippen LogP contribution in [0.4, 0.5) is 9.18 Å². The maximum absolute atomic E-state index is 13.2. The van der Waals surface area contributed by atoms with Gasteiger partial charge in [0.15, 0.2) is 0 Å². The van der Waals surface area contributed by atoms with E-state index in [9.17, 15) is 9.18 Å². The van der Waals surface area contributed by atoms with Gasteiger partial charge in [-0.2, -0.15) is 0 Å². The molecule has 122 valence electrons. The molecule has 24 heavy (non-hydrogen) atoms. The maximum atomic E-state index is 13.2. The van der Waals surface area contributed by atoms with Gasteiger partial charge in [0.1, 0.15) is 11.5 Å². The van der Waals surface area contributed by atoms with Gasteiger partial charge in [0.25, 0.3) is 0 Å². The molecule has 3 heterocycles. The van der Waals surface area contributed by atoms with Crippen LogP contribution < -0.4 is 5.32 Å². The summed E-state index contributed by atoms with van der Waals surface area (Å²) >= 11 is 0. The van der Waals surface area contributed by atoms with Crippen molar-refractivity contribution in [2.75, 3.05) is 6.54 Å². The summed E-state index contributed by atoms with van der Waals surface area (Å²) in [5, 5.41) is 2.94. The van der Waals surface area contributed by atoms with Crippen LogP contribution in [0, 0.1) is 5.82 Å². The van der Waals surface area contributed by atoms with Gasteiger partial charge in [0.2, 0.25) is 0 Å². The number of pyridine rings is 1. The molecule has 0 saturated heterocycles. The van der Waals surface area contributed by atoms with Gasteiger partial charge >= 0.3 is 6.03 Å². The van der Waals surface area contributed by atoms with E-state index < -0.39 is 0 Å². The average Bonchev–Trinajstić information content (AvgIpc) is 3.07. The number of amides is 2. The second-order valence-corrected chi connectivity index (χ2v) is 5.97. The molecule has 0 aliphatic carbocycles. The topological polar surface area (TPSA) is 49.6 Å². The Bertz CT molecular complexity index is 905. The fourth-order valence-corrected chi connectivity index (χ4v) is 3.05. The minimum Gasteiger partial charge on any atom is -0.334 e. The monoisotopic (exact) mass is 324 g/mol. The molecule has 6 heteroatoms. The number of hydrogen-bond donors (Lipinski definition) is 1. The molecule has 2 aromatic heterocycles. The molecule has 2 amide bonds.